The molecule has 0 saturated carbocycles. The molecule has 0 bridgehead atoms. The molecule has 1 aromatic heterocycles. The van der Waals surface area contributed by atoms with Gasteiger partial charge in [0.15, 0.2) is 0 Å². The third kappa shape index (κ3) is 4.75. The summed E-state index contributed by atoms with van der Waals surface area (Å²) in [6, 6.07) is 10.1. The van der Waals surface area contributed by atoms with Crippen LogP contribution in [0.3, 0.4) is 0 Å². The fourth-order valence-electron chi connectivity index (χ4n) is 3.30. The predicted molar refractivity (Wildman–Crippen MR) is 116 cm³/mol. The number of aromatic nitrogens is 2. The van der Waals surface area contributed by atoms with Crippen LogP contribution in [0.1, 0.15) is 27.2 Å². The van der Waals surface area contributed by atoms with E-state index in [4.69, 9.17) is 4.74 Å². The Bertz CT molecular complexity index is 1160. The number of fused-ring (bicyclic) bond motifs is 1. The van der Waals surface area contributed by atoms with E-state index in [-0.39, 0.29) is 18.0 Å². The highest BCUT2D eigenvalue weighted by atomic mass is 32.2. The summed E-state index contributed by atoms with van der Waals surface area (Å²) in [4.78, 5) is 25.1. The van der Waals surface area contributed by atoms with Gasteiger partial charge in [-0.15, -0.1) is 0 Å². The molecule has 2 heterocycles. The molecule has 1 aliphatic rings. The Balaban J connectivity index is 1.47. The molecule has 2 aromatic carbocycles. The number of amides is 2. The van der Waals surface area contributed by atoms with E-state index < -0.39 is 17.5 Å². The van der Waals surface area contributed by atoms with Crippen LogP contribution < -0.4 is 15.4 Å². The van der Waals surface area contributed by atoms with E-state index in [0.717, 1.165) is 34.7 Å². The molecule has 0 fully saturated rings. The smallest absolute Gasteiger partial charge is 0.259 e. The summed E-state index contributed by atoms with van der Waals surface area (Å²) in [6.45, 7) is 0.206. The lowest BCUT2D eigenvalue weighted by molar-refractivity contribution is -0.122. The summed E-state index contributed by atoms with van der Waals surface area (Å²) in [5, 5.41) is 9.91. The van der Waals surface area contributed by atoms with Gasteiger partial charge in [0.05, 0.1) is 18.4 Å². The minimum atomic E-state index is -0.961. The van der Waals surface area contributed by atoms with Crippen molar-refractivity contribution in [3.63, 3.8) is 0 Å². The molecule has 0 spiro atoms. The Kier molecular flexibility index (Phi) is 6.40. The fourth-order valence-corrected chi connectivity index (χ4v) is 4.34. The summed E-state index contributed by atoms with van der Waals surface area (Å²) < 4.78 is 33.7. The van der Waals surface area contributed by atoms with Gasteiger partial charge in [0.25, 0.3) is 5.91 Å². The second kappa shape index (κ2) is 9.39. The van der Waals surface area contributed by atoms with Crippen LogP contribution in [0.25, 0.3) is 0 Å². The molecule has 10 heteroatoms. The van der Waals surface area contributed by atoms with Crippen LogP contribution in [0.5, 0.6) is 5.75 Å². The molecule has 0 atom stereocenters. The Hall–Kier alpha value is -3.40. The first-order valence-corrected chi connectivity index (χ1v) is 10.9. The van der Waals surface area contributed by atoms with Crippen LogP contribution in [0.2, 0.25) is 0 Å². The molecule has 166 valence electrons. The number of thioether (sulfide) groups is 1. The second-order valence-electron chi connectivity index (χ2n) is 7.13. The molecule has 3 aromatic rings. The number of hydrogen-bond donors (Lipinski definition) is 2. The lowest BCUT2D eigenvalue weighted by atomic mass is 10.2. The van der Waals surface area contributed by atoms with E-state index in [9.17, 15) is 18.4 Å². The topological polar surface area (TPSA) is 85.2 Å². The van der Waals surface area contributed by atoms with Crippen molar-refractivity contribution in [3.05, 3.63) is 76.5 Å². The number of nitrogens with one attached hydrogen (secondary N) is 2. The number of halogens is 2. The number of hydrogen-bond acceptors (Lipinski definition) is 5. The van der Waals surface area contributed by atoms with E-state index in [1.165, 1.54) is 4.68 Å². The van der Waals surface area contributed by atoms with Gasteiger partial charge in [-0.3, -0.25) is 9.59 Å². The number of methoxy groups -OCH3 is 1. The van der Waals surface area contributed by atoms with Crippen molar-refractivity contribution in [3.8, 4) is 5.75 Å². The van der Waals surface area contributed by atoms with Crippen molar-refractivity contribution in [2.75, 3.05) is 12.4 Å². The lowest BCUT2D eigenvalue weighted by Crippen LogP contribution is -2.29. The SMILES string of the molecule is COc1ccc(CNC(=O)Cn2nc3c(c2NC(=O)c2ccc(F)cc2F)CSC3)cc1. The summed E-state index contributed by atoms with van der Waals surface area (Å²) in [7, 11) is 1.58. The molecular formula is C22H20F2N4O3S. The summed E-state index contributed by atoms with van der Waals surface area (Å²) in [5.41, 5.74) is 2.18. The first-order valence-electron chi connectivity index (χ1n) is 9.77. The standard InChI is InChI=1S/C22H20F2N4O3S/c1-31-15-5-2-13(3-6-15)9-25-20(29)10-28-21(17-11-32-12-19(17)27-28)26-22(30)16-7-4-14(23)8-18(16)24/h2-8H,9-12H2,1H3,(H,25,29)(H,26,30). The highest BCUT2D eigenvalue weighted by Gasteiger charge is 2.26. The van der Waals surface area contributed by atoms with Crippen LogP contribution in [-0.2, 0) is 29.4 Å². The van der Waals surface area contributed by atoms with Crippen LogP contribution in [0, 0.1) is 11.6 Å². The number of ether oxygens (including phenoxy) is 1. The van der Waals surface area contributed by atoms with E-state index in [1.807, 2.05) is 12.1 Å². The van der Waals surface area contributed by atoms with E-state index in [0.29, 0.717) is 29.9 Å². The Morgan fingerprint density at radius 2 is 1.94 bits per heavy atom. The average molecular weight is 458 g/mol. The van der Waals surface area contributed by atoms with E-state index in [2.05, 4.69) is 15.7 Å². The van der Waals surface area contributed by atoms with Crippen molar-refractivity contribution in [2.24, 2.45) is 0 Å². The second-order valence-corrected chi connectivity index (χ2v) is 8.11. The summed E-state index contributed by atoms with van der Waals surface area (Å²) >= 11 is 1.63. The van der Waals surface area contributed by atoms with Gasteiger partial charge in [0.1, 0.15) is 29.7 Å². The molecule has 0 aliphatic carbocycles. The van der Waals surface area contributed by atoms with Gasteiger partial charge in [0.2, 0.25) is 5.91 Å². The monoisotopic (exact) mass is 458 g/mol. The zero-order valence-electron chi connectivity index (χ0n) is 17.2. The van der Waals surface area contributed by atoms with Gasteiger partial charge in [-0.25, -0.2) is 13.5 Å². The number of nitrogens with zero attached hydrogens (tertiary/aromatic N) is 2. The number of benzene rings is 2. The molecule has 4 rings (SSSR count). The van der Waals surface area contributed by atoms with Crippen molar-refractivity contribution < 1.29 is 23.1 Å². The third-order valence-electron chi connectivity index (χ3n) is 4.97. The zero-order valence-corrected chi connectivity index (χ0v) is 18.0. The van der Waals surface area contributed by atoms with Gasteiger partial charge in [-0.2, -0.15) is 16.9 Å². The van der Waals surface area contributed by atoms with E-state index in [1.54, 1.807) is 31.0 Å². The third-order valence-corrected chi connectivity index (χ3v) is 5.94. The van der Waals surface area contributed by atoms with Crippen LogP contribution in [0.15, 0.2) is 42.5 Å². The van der Waals surface area contributed by atoms with Gasteiger partial charge in [-0.1, -0.05) is 12.1 Å². The Labute approximate surface area is 187 Å². The van der Waals surface area contributed by atoms with Crippen molar-refractivity contribution in [2.45, 2.75) is 24.6 Å². The fraction of sp³-hybridized carbons (Fsp3) is 0.227. The number of rotatable bonds is 7. The van der Waals surface area contributed by atoms with Crippen molar-refractivity contribution in [1.29, 1.82) is 0 Å². The zero-order chi connectivity index (χ0) is 22.7. The first-order chi connectivity index (χ1) is 15.4. The molecule has 0 radical (unpaired) electrons. The lowest BCUT2D eigenvalue weighted by Gasteiger charge is -2.12. The maximum absolute atomic E-state index is 14.0. The summed E-state index contributed by atoms with van der Waals surface area (Å²) in [6.07, 6.45) is 0. The van der Waals surface area contributed by atoms with Gasteiger partial charge in [-0.05, 0) is 29.8 Å². The quantitative estimate of drug-likeness (QED) is 0.566. The maximum Gasteiger partial charge on any atom is 0.259 e. The first kappa shape index (κ1) is 21.8. The van der Waals surface area contributed by atoms with Crippen LogP contribution in [-0.4, -0.2) is 28.7 Å². The Morgan fingerprint density at radius 3 is 2.66 bits per heavy atom. The minimum Gasteiger partial charge on any atom is -0.497 e. The number of carbonyl (C=O) groups is 2. The Morgan fingerprint density at radius 1 is 1.16 bits per heavy atom. The van der Waals surface area contributed by atoms with Crippen LogP contribution >= 0.6 is 11.8 Å². The van der Waals surface area contributed by atoms with Crippen molar-refractivity contribution >= 4 is 29.4 Å². The molecule has 2 N–H and O–H groups in total. The predicted octanol–water partition coefficient (Wildman–Crippen LogP) is 3.49. The number of anilines is 1. The van der Waals surface area contributed by atoms with Gasteiger partial charge in [0, 0.05) is 29.7 Å². The molecular weight excluding hydrogens is 438 g/mol. The molecule has 32 heavy (non-hydrogen) atoms. The minimum absolute atomic E-state index is 0.116. The highest BCUT2D eigenvalue weighted by molar-refractivity contribution is 7.98. The molecule has 2 amide bonds. The average Bonchev–Trinajstić information content (AvgIpc) is 3.35. The van der Waals surface area contributed by atoms with Crippen LogP contribution in [0.4, 0.5) is 14.6 Å². The van der Waals surface area contributed by atoms with E-state index >= 15 is 0 Å². The van der Waals surface area contributed by atoms with Crippen molar-refractivity contribution in [1.82, 2.24) is 15.1 Å². The normalized spacial score (nSPS) is 12.3. The molecule has 0 saturated heterocycles. The number of carbonyl (C=O) groups excluding carboxylic acids is 2. The summed E-state index contributed by atoms with van der Waals surface area (Å²) in [5.74, 6) is -0.416. The molecule has 7 nitrogen and oxygen atoms in total. The molecule has 0 unspecified atom stereocenters. The van der Waals surface area contributed by atoms with Gasteiger partial charge >= 0.3 is 0 Å². The molecule has 1 aliphatic heterocycles. The largest absolute Gasteiger partial charge is 0.497 e. The highest BCUT2D eigenvalue weighted by Crippen LogP contribution is 2.35. The maximum atomic E-state index is 14.0. The van der Waals surface area contributed by atoms with Gasteiger partial charge < -0.3 is 15.4 Å².